The first-order valence-electron chi connectivity index (χ1n) is 8.34. The molecule has 4 N–H and O–H groups in total. The number of carbonyl (C=O) groups excluding carboxylic acids is 2. The summed E-state index contributed by atoms with van der Waals surface area (Å²) in [5.74, 6) is -0.155. The third-order valence-corrected chi connectivity index (χ3v) is 4.01. The van der Waals surface area contributed by atoms with Crippen LogP contribution in [0.2, 0.25) is 0 Å². The third kappa shape index (κ3) is 4.84. The lowest BCUT2D eigenvalue weighted by atomic mass is 9.92. The summed E-state index contributed by atoms with van der Waals surface area (Å²) in [4.78, 5) is 24.3. The molecule has 2 aromatic carbocycles. The highest BCUT2D eigenvalue weighted by Crippen LogP contribution is 2.16. The number of hydrogen-bond donors (Lipinski definition) is 2. The fourth-order valence-electron chi connectivity index (χ4n) is 2.53. The van der Waals surface area contributed by atoms with Gasteiger partial charge in [0.25, 0.3) is 0 Å². The van der Waals surface area contributed by atoms with E-state index in [0.717, 1.165) is 17.5 Å². The highest BCUT2D eigenvalue weighted by atomic mass is 16.1. The zero-order valence-electron chi connectivity index (χ0n) is 15.3. The van der Waals surface area contributed by atoms with Crippen molar-refractivity contribution in [3.05, 3.63) is 70.8 Å². The first-order chi connectivity index (χ1) is 11.5. The van der Waals surface area contributed by atoms with Crippen molar-refractivity contribution >= 4 is 11.6 Å². The van der Waals surface area contributed by atoms with Crippen LogP contribution >= 0.6 is 0 Å². The van der Waals surface area contributed by atoms with Crippen LogP contribution in [0.5, 0.6) is 0 Å². The van der Waals surface area contributed by atoms with Crippen molar-refractivity contribution in [2.75, 3.05) is 0 Å². The largest absolute Gasteiger partial charge is 0.319 e. The molecule has 132 valence electrons. The summed E-state index contributed by atoms with van der Waals surface area (Å²) in [6.45, 7) is 6.81. The third-order valence-electron chi connectivity index (χ3n) is 4.01. The highest BCUT2D eigenvalue weighted by Gasteiger charge is 2.24. The lowest BCUT2D eigenvalue weighted by molar-refractivity contribution is 0.0907. The zero-order chi connectivity index (χ0) is 18.8. The molecule has 0 fully saturated rings. The van der Waals surface area contributed by atoms with E-state index in [4.69, 9.17) is 11.5 Å². The number of rotatable bonds is 6. The topological polar surface area (TPSA) is 86.2 Å². The molecule has 0 aromatic heterocycles. The van der Waals surface area contributed by atoms with Crippen LogP contribution in [-0.2, 0) is 6.42 Å². The van der Waals surface area contributed by atoms with Crippen molar-refractivity contribution in [3.8, 4) is 0 Å². The SMILES string of the molecule is CC(C)(N)C(=O)c1ccc(Cc2ccc(C(=O)C(C)(C)N)cc2)cc1. The Balaban J connectivity index is 2.10. The molecule has 4 heteroatoms. The Morgan fingerprint density at radius 2 is 0.960 bits per heavy atom. The van der Waals surface area contributed by atoms with Crippen molar-refractivity contribution < 1.29 is 9.59 Å². The highest BCUT2D eigenvalue weighted by molar-refractivity contribution is 6.03. The number of nitrogens with two attached hydrogens (primary N) is 2. The van der Waals surface area contributed by atoms with Crippen molar-refractivity contribution in [1.82, 2.24) is 0 Å². The minimum Gasteiger partial charge on any atom is -0.319 e. The van der Waals surface area contributed by atoms with Crippen LogP contribution in [0.15, 0.2) is 48.5 Å². The molecule has 0 spiro atoms. The van der Waals surface area contributed by atoms with E-state index in [1.54, 1.807) is 52.0 Å². The minimum atomic E-state index is -0.874. The Labute approximate surface area is 149 Å². The fraction of sp³-hybridized carbons (Fsp3) is 0.333. The predicted octanol–water partition coefficient (Wildman–Crippen LogP) is 3.12. The lowest BCUT2D eigenvalue weighted by Crippen LogP contribution is -2.41. The number of carbonyl (C=O) groups is 2. The Morgan fingerprint density at radius 3 is 1.20 bits per heavy atom. The van der Waals surface area contributed by atoms with E-state index in [1.807, 2.05) is 24.3 Å². The summed E-state index contributed by atoms with van der Waals surface area (Å²) in [7, 11) is 0. The molecule has 0 aliphatic carbocycles. The minimum absolute atomic E-state index is 0.0775. The van der Waals surface area contributed by atoms with Gasteiger partial charge in [-0.05, 0) is 45.2 Å². The van der Waals surface area contributed by atoms with Crippen LogP contribution in [0.25, 0.3) is 0 Å². The molecule has 0 amide bonds. The molecular weight excluding hydrogens is 312 g/mol. The van der Waals surface area contributed by atoms with Gasteiger partial charge in [0.1, 0.15) is 0 Å². The smallest absolute Gasteiger partial charge is 0.182 e. The van der Waals surface area contributed by atoms with Gasteiger partial charge in [0.05, 0.1) is 11.1 Å². The van der Waals surface area contributed by atoms with Crippen LogP contribution in [0, 0.1) is 0 Å². The molecule has 0 heterocycles. The summed E-state index contributed by atoms with van der Waals surface area (Å²) in [6.07, 6.45) is 0.723. The molecule has 0 aliphatic heterocycles. The second-order valence-electron chi connectivity index (χ2n) is 7.67. The van der Waals surface area contributed by atoms with Gasteiger partial charge >= 0.3 is 0 Å². The lowest BCUT2D eigenvalue weighted by Gasteiger charge is -2.17. The van der Waals surface area contributed by atoms with Gasteiger partial charge in [0.2, 0.25) is 0 Å². The normalized spacial score (nSPS) is 12.1. The number of ketones is 2. The monoisotopic (exact) mass is 338 g/mol. The number of benzene rings is 2. The van der Waals surface area contributed by atoms with Crippen LogP contribution in [0.1, 0.15) is 59.5 Å². The van der Waals surface area contributed by atoms with Gasteiger partial charge in [-0.1, -0.05) is 48.5 Å². The molecule has 25 heavy (non-hydrogen) atoms. The van der Waals surface area contributed by atoms with E-state index < -0.39 is 11.1 Å². The maximum Gasteiger partial charge on any atom is 0.182 e. The first kappa shape index (κ1) is 19.0. The predicted molar refractivity (Wildman–Crippen MR) is 101 cm³/mol. The molecule has 4 nitrogen and oxygen atoms in total. The summed E-state index contributed by atoms with van der Waals surface area (Å²) >= 11 is 0. The van der Waals surface area contributed by atoms with Crippen LogP contribution < -0.4 is 11.5 Å². The van der Waals surface area contributed by atoms with Crippen molar-refractivity contribution in [3.63, 3.8) is 0 Å². The Hall–Kier alpha value is -2.30. The molecule has 0 bridgehead atoms. The summed E-state index contributed by atoms with van der Waals surface area (Å²) in [5.41, 5.74) is 13.4. The average molecular weight is 338 g/mol. The maximum absolute atomic E-state index is 12.2. The van der Waals surface area contributed by atoms with Crippen molar-refractivity contribution in [1.29, 1.82) is 0 Å². The first-order valence-corrected chi connectivity index (χ1v) is 8.34. The molecule has 0 saturated carbocycles. The van der Waals surface area contributed by atoms with Gasteiger partial charge in [-0.25, -0.2) is 0 Å². The Morgan fingerprint density at radius 1 is 0.680 bits per heavy atom. The van der Waals surface area contributed by atoms with E-state index in [-0.39, 0.29) is 11.6 Å². The average Bonchev–Trinajstić information content (AvgIpc) is 2.53. The summed E-state index contributed by atoms with van der Waals surface area (Å²) < 4.78 is 0. The zero-order valence-corrected chi connectivity index (χ0v) is 15.3. The molecule has 2 rings (SSSR count). The molecule has 0 unspecified atom stereocenters. The molecule has 0 saturated heterocycles. The second-order valence-corrected chi connectivity index (χ2v) is 7.67. The van der Waals surface area contributed by atoms with Gasteiger partial charge in [-0.15, -0.1) is 0 Å². The van der Waals surface area contributed by atoms with Gasteiger partial charge in [-0.2, -0.15) is 0 Å². The molecule has 0 radical (unpaired) electrons. The standard InChI is InChI=1S/C21H26N2O2/c1-20(2,22)18(24)16-9-5-14(6-10-16)13-15-7-11-17(12-8-15)19(25)21(3,4)23/h5-12H,13,22-23H2,1-4H3. The van der Waals surface area contributed by atoms with Gasteiger partial charge < -0.3 is 11.5 Å². The van der Waals surface area contributed by atoms with E-state index in [9.17, 15) is 9.59 Å². The quantitative estimate of drug-likeness (QED) is 0.792. The molecule has 0 aliphatic rings. The van der Waals surface area contributed by atoms with Gasteiger partial charge in [-0.3, -0.25) is 9.59 Å². The number of Topliss-reactive ketones (excluding diaryl/α,β-unsaturated/α-hetero) is 2. The fourth-order valence-corrected chi connectivity index (χ4v) is 2.53. The Bertz CT molecular complexity index is 694. The van der Waals surface area contributed by atoms with Crippen LogP contribution in [-0.4, -0.2) is 22.6 Å². The summed E-state index contributed by atoms with van der Waals surface area (Å²) in [5, 5.41) is 0. The van der Waals surface area contributed by atoms with E-state index in [0.29, 0.717) is 11.1 Å². The van der Waals surface area contributed by atoms with Gasteiger partial charge in [0.15, 0.2) is 11.6 Å². The van der Waals surface area contributed by atoms with E-state index in [2.05, 4.69) is 0 Å². The maximum atomic E-state index is 12.2. The van der Waals surface area contributed by atoms with E-state index >= 15 is 0 Å². The van der Waals surface area contributed by atoms with Crippen LogP contribution in [0.3, 0.4) is 0 Å². The van der Waals surface area contributed by atoms with Crippen molar-refractivity contribution in [2.24, 2.45) is 11.5 Å². The van der Waals surface area contributed by atoms with Crippen molar-refractivity contribution in [2.45, 2.75) is 45.2 Å². The van der Waals surface area contributed by atoms with E-state index in [1.165, 1.54) is 0 Å². The van der Waals surface area contributed by atoms with Gasteiger partial charge in [0, 0.05) is 11.1 Å². The van der Waals surface area contributed by atoms with Crippen LogP contribution in [0.4, 0.5) is 0 Å². The second kappa shape index (κ2) is 6.90. The molecule has 2 aromatic rings. The molecule has 0 atom stereocenters. The number of hydrogen-bond acceptors (Lipinski definition) is 4. The Kier molecular flexibility index (Phi) is 5.26. The molecular formula is C21H26N2O2. The summed E-state index contributed by atoms with van der Waals surface area (Å²) in [6, 6.07) is 15.0.